The number of hydrogen-bond acceptors (Lipinski definition) is 4. The summed E-state index contributed by atoms with van der Waals surface area (Å²) in [6.07, 6.45) is 1.81. The molecular weight excluding hydrogens is 310 g/mol. The highest BCUT2D eigenvalue weighted by atomic mass is 32.2. The van der Waals surface area contributed by atoms with Crippen LogP contribution in [0.4, 0.5) is 4.79 Å². The molecule has 2 amide bonds. The van der Waals surface area contributed by atoms with E-state index in [1.165, 1.54) is 4.90 Å². The molecule has 0 aliphatic carbocycles. The maximum absolute atomic E-state index is 12.4. The van der Waals surface area contributed by atoms with E-state index in [9.17, 15) is 9.59 Å². The summed E-state index contributed by atoms with van der Waals surface area (Å²) in [4.78, 5) is 26.2. The predicted molar refractivity (Wildman–Crippen MR) is 94.8 cm³/mol. The highest BCUT2D eigenvalue weighted by Crippen LogP contribution is 2.36. The second-order valence-electron chi connectivity index (χ2n) is 6.25. The molecule has 1 fully saturated rings. The fraction of sp³-hybridized carbons (Fsp3) is 0.444. The zero-order chi connectivity index (χ0) is 17.3. The summed E-state index contributed by atoms with van der Waals surface area (Å²) < 4.78 is 5.44. The third-order valence-corrected chi connectivity index (χ3v) is 4.75. The van der Waals surface area contributed by atoms with E-state index >= 15 is 0 Å². The lowest BCUT2D eigenvalue weighted by Crippen LogP contribution is -2.34. The second-order valence-corrected chi connectivity index (χ2v) is 7.24. The van der Waals surface area contributed by atoms with Gasteiger partial charge in [-0.2, -0.15) is 0 Å². The van der Waals surface area contributed by atoms with Crippen LogP contribution in [-0.4, -0.2) is 29.2 Å². The molecule has 1 aromatic rings. The van der Waals surface area contributed by atoms with Crippen molar-refractivity contribution in [3.05, 3.63) is 33.7 Å². The van der Waals surface area contributed by atoms with Gasteiger partial charge in [0, 0.05) is 6.04 Å². The molecule has 1 heterocycles. The molecule has 4 nitrogen and oxygen atoms in total. The van der Waals surface area contributed by atoms with Crippen LogP contribution in [0.15, 0.2) is 17.0 Å². The van der Waals surface area contributed by atoms with Crippen molar-refractivity contribution in [1.82, 2.24) is 4.90 Å². The lowest BCUT2D eigenvalue weighted by Gasteiger charge is -2.16. The molecular formula is C18H23NO3S. The minimum atomic E-state index is -0.212. The van der Waals surface area contributed by atoms with Crippen molar-refractivity contribution in [3.63, 3.8) is 0 Å². The Kier molecular flexibility index (Phi) is 5.19. The van der Waals surface area contributed by atoms with Crippen LogP contribution in [0.1, 0.15) is 50.3 Å². The molecule has 2 rings (SSSR count). The SMILES string of the molecule is COc1cc(C)c(/C=C2\SC(=O)N(C(C)C)C2=O)cc1C(C)C. The first-order chi connectivity index (χ1) is 10.8. The zero-order valence-corrected chi connectivity index (χ0v) is 15.3. The van der Waals surface area contributed by atoms with Crippen LogP contribution in [0.5, 0.6) is 5.75 Å². The van der Waals surface area contributed by atoms with Crippen LogP contribution >= 0.6 is 11.8 Å². The molecule has 0 unspecified atom stereocenters. The lowest BCUT2D eigenvalue weighted by molar-refractivity contribution is -0.123. The quantitative estimate of drug-likeness (QED) is 0.757. The number of ether oxygens (including phenoxy) is 1. The van der Waals surface area contributed by atoms with Crippen molar-refractivity contribution >= 4 is 29.0 Å². The van der Waals surface area contributed by atoms with E-state index in [1.807, 2.05) is 39.0 Å². The molecule has 5 heteroatoms. The molecule has 1 aromatic carbocycles. The number of methoxy groups -OCH3 is 1. The van der Waals surface area contributed by atoms with Gasteiger partial charge in [-0.25, -0.2) is 0 Å². The van der Waals surface area contributed by atoms with Gasteiger partial charge in [-0.3, -0.25) is 14.5 Å². The standard InChI is InChI=1S/C18H23NO3S/c1-10(2)14-8-13(12(5)7-15(14)22-6)9-16-17(20)19(11(3)4)18(21)23-16/h7-11H,1-6H3/b16-9-. The highest BCUT2D eigenvalue weighted by molar-refractivity contribution is 8.18. The number of hydrogen-bond donors (Lipinski definition) is 0. The van der Waals surface area contributed by atoms with E-state index in [0.717, 1.165) is 34.2 Å². The number of nitrogens with zero attached hydrogens (tertiary/aromatic N) is 1. The van der Waals surface area contributed by atoms with Crippen molar-refractivity contribution < 1.29 is 14.3 Å². The van der Waals surface area contributed by atoms with E-state index in [4.69, 9.17) is 4.74 Å². The molecule has 0 radical (unpaired) electrons. The Labute approximate surface area is 141 Å². The van der Waals surface area contributed by atoms with Gasteiger partial charge in [-0.15, -0.1) is 0 Å². The van der Waals surface area contributed by atoms with Crippen molar-refractivity contribution in [1.29, 1.82) is 0 Å². The maximum Gasteiger partial charge on any atom is 0.293 e. The van der Waals surface area contributed by atoms with Crippen LogP contribution in [0.3, 0.4) is 0 Å². The molecule has 1 saturated heterocycles. The van der Waals surface area contributed by atoms with E-state index in [2.05, 4.69) is 13.8 Å². The molecule has 0 spiro atoms. The van der Waals surface area contributed by atoms with Gasteiger partial charge < -0.3 is 4.74 Å². The third-order valence-electron chi connectivity index (χ3n) is 3.87. The van der Waals surface area contributed by atoms with Gasteiger partial charge in [0.2, 0.25) is 0 Å². The largest absolute Gasteiger partial charge is 0.496 e. The topological polar surface area (TPSA) is 46.6 Å². The summed E-state index contributed by atoms with van der Waals surface area (Å²) in [7, 11) is 1.66. The van der Waals surface area contributed by atoms with Gasteiger partial charge in [0.1, 0.15) is 5.75 Å². The summed E-state index contributed by atoms with van der Waals surface area (Å²) in [6.45, 7) is 9.86. The number of amides is 2. The number of carbonyl (C=O) groups excluding carboxylic acids is 2. The monoisotopic (exact) mass is 333 g/mol. The first-order valence-electron chi connectivity index (χ1n) is 7.71. The molecule has 1 aliphatic heterocycles. The first kappa shape index (κ1) is 17.6. The van der Waals surface area contributed by atoms with E-state index in [0.29, 0.717) is 10.8 Å². The van der Waals surface area contributed by atoms with Crippen molar-refractivity contribution in [2.45, 2.75) is 46.6 Å². The van der Waals surface area contributed by atoms with Gasteiger partial charge in [0.05, 0.1) is 12.0 Å². The Bertz CT molecular complexity index is 677. The Morgan fingerprint density at radius 3 is 2.30 bits per heavy atom. The van der Waals surface area contributed by atoms with Crippen LogP contribution in [-0.2, 0) is 4.79 Å². The summed E-state index contributed by atoms with van der Waals surface area (Å²) in [5.41, 5.74) is 3.05. The van der Waals surface area contributed by atoms with Gasteiger partial charge in [0.25, 0.3) is 11.1 Å². The van der Waals surface area contributed by atoms with E-state index in [1.54, 1.807) is 7.11 Å². The minimum Gasteiger partial charge on any atom is -0.496 e. The fourth-order valence-electron chi connectivity index (χ4n) is 2.57. The highest BCUT2D eigenvalue weighted by Gasteiger charge is 2.36. The maximum atomic E-state index is 12.4. The lowest BCUT2D eigenvalue weighted by atomic mass is 9.96. The van der Waals surface area contributed by atoms with Crippen LogP contribution in [0.2, 0.25) is 0 Å². The number of carbonyl (C=O) groups is 2. The number of imide groups is 1. The van der Waals surface area contributed by atoms with Crippen LogP contribution in [0, 0.1) is 6.92 Å². The van der Waals surface area contributed by atoms with Gasteiger partial charge in [-0.05, 0) is 73.4 Å². The summed E-state index contributed by atoms with van der Waals surface area (Å²) in [6, 6.07) is 3.90. The van der Waals surface area contributed by atoms with Crippen LogP contribution < -0.4 is 4.74 Å². The van der Waals surface area contributed by atoms with E-state index in [-0.39, 0.29) is 17.2 Å². The first-order valence-corrected chi connectivity index (χ1v) is 8.53. The Morgan fingerprint density at radius 2 is 1.83 bits per heavy atom. The molecule has 23 heavy (non-hydrogen) atoms. The zero-order valence-electron chi connectivity index (χ0n) is 14.5. The smallest absolute Gasteiger partial charge is 0.293 e. The molecule has 1 aliphatic rings. The average molecular weight is 333 g/mol. The van der Waals surface area contributed by atoms with Crippen molar-refractivity contribution in [3.8, 4) is 5.75 Å². The normalized spacial score (nSPS) is 17.0. The number of aryl methyl sites for hydroxylation is 1. The fourth-order valence-corrected chi connectivity index (χ4v) is 3.52. The molecule has 0 aromatic heterocycles. The molecule has 0 atom stereocenters. The van der Waals surface area contributed by atoms with E-state index < -0.39 is 0 Å². The second kappa shape index (κ2) is 6.79. The number of benzene rings is 1. The average Bonchev–Trinajstić information content (AvgIpc) is 2.74. The Hall–Kier alpha value is -1.75. The molecule has 0 N–H and O–H groups in total. The molecule has 0 saturated carbocycles. The summed E-state index contributed by atoms with van der Waals surface area (Å²) >= 11 is 1.01. The van der Waals surface area contributed by atoms with Gasteiger partial charge >= 0.3 is 0 Å². The van der Waals surface area contributed by atoms with Crippen molar-refractivity contribution in [2.75, 3.05) is 7.11 Å². The van der Waals surface area contributed by atoms with Crippen LogP contribution in [0.25, 0.3) is 6.08 Å². The van der Waals surface area contributed by atoms with Gasteiger partial charge in [0.15, 0.2) is 0 Å². The number of rotatable bonds is 4. The summed E-state index contributed by atoms with van der Waals surface area (Å²) in [5, 5.41) is -0.202. The number of thioether (sulfide) groups is 1. The molecule has 0 bridgehead atoms. The Morgan fingerprint density at radius 1 is 1.17 bits per heavy atom. The Balaban J connectivity index is 2.46. The van der Waals surface area contributed by atoms with Gasteiger partial charge in [-0.1, -0.05) is 13.8 Å². The predicted octanol–water partition coefficient (Wildman–Crippen LogP) is 4.57. The summed E-state index contributed by atoms with van der Waals surface area (Å²) in [5.74, 6) is 0.949. The minimum absolute atomic E-state index is 0.128. The van der Waals surface area contributed by atoms with Crippen molar-refractivity contribution in [2.24, 2.45) is 0 Å². The third kappa shape index (κ3) is 3.44. The molecule has 124 valence electrons.